The summed E-state index contributed by atoms with van der Waals surface area (Å²) in [6, 6.07) is 14.9. The zero-order chi connectivity index (χ0) is 34.3. The van der Waals surface area contributed by atoms with Crippen LogP contribution in [0.5, 0.6) is 0 Å². The molecule has 48 heavy (non-hydrogen) atoms. The number of hydrogen-bond acceptors (Lipinski definition) is 7. The van der Waals surface area contributed by atoms with Crippen LogP contribution in [0.4, 0.5) is 0 Å². The Morgan fingerprint density at radius 3 is 2.17 bits per heavy atom. The first-order valence-corrected chi connectivity index (χ1v) is 19.2. The van der Waals surface area contributed by atoms with Crippen LogP contribution in [0.2, 0.25) is 0 Å². The van der Waals surface area contributed by atoms with Crippen molar-refractivity contribution in [3.63, 3.8) is 0 Å². The van der Waals surface area contributed by atoms with Crippen molar-refractivity contribution >= 4 is 80.3 Å². The molecule has 0 unspecified atom stereocenters. The number of fused-ring (bicyclic) bond motifs is 5. The number of aliphatic hydroxyl groups is 1. The molecule has 0 spiro atoms. The van der Waals surface area contributed by atoms with E-state index in [0.29, 0.717) is 0 Å². The van der Waals surface area contributed by atoms with Gasteiger partial charge < -0.3 is 5.11 Å². The second kappa shape index (κ2) is 14.8. The maximum atomic E-state index is 12.2. The molecule has 0 saturated heterocycles. The molecule has 6 rings (SSSR count). The van der Waals surface area contributed by atoms with Gasteiger partial charge in [0, 0.05) is 67.1 Å². The van der Waals surface area contributed by atoms with E-state index in [4.69, 9.17) is 4.98 Å². The molecule has 0 aliphatic carbocycles. The molecule has 0 saturated carbocycles. The fourth-order valence-corrected chi connectivity index (χ4v) is 9.09. The summed E-state index contributed by atoms with van der Waals surface area (Å²) in [5.41, 5.74) is 3.89. The van der Waals surface area contributed by atoms with E-state index in [1.165, 1.54) is 46.8 Å². The molecular formula is C40H47IrN2O2S3-. The molecule has 0 amide bonds. The van der Waals surface area contributed by atoms with Crippen LogP contribution in [0.15, 0.2) is 53.9 Å². The summed E-state index contributed by atoms with van der Waals surface area (Å²) in [5.74, 6) is 0.286. The van der Waals surface area contributed by atoms with Gasteiger partial charge in [-0.1, -0.05) is 73.4 Å². The van der Waals surface area contributed by atoms with Crippen molar-refractivity contribution in [1.82, 2.24) is 9.97 Å². The normalized spacial score (nSPS) is 12.8. The van der Waals surface area contributed by atoms with Gasteiger partial charge in [0.2, 0.25) is 0 Å². The van der Waals surface area contributed by atoms with Gasteiger partial charge in [-0.25, -0.2) is 4.98 Å². The Labute approximate surface area is 311 Å². The predicted molar refractivity (Wildman–Crippen MR) is 206 cm³/mol. The van der Waals surface area contributed by atoms with Gasteiger partial charge in [-0.2, -0.15) is 11.3 Å². The third kappa shape index (κ3) is 7.34. The number of thiophene rings is 3. The Morgan fingerprint density at radius 1 is 0.875 bits per heavy atom. The molecule has 4 aromatic heterocycles. The minimum atomic E-state index is -0.337. The SMILES string of the molecule is CCC(C)(CC)C(=O)/C=C(\O)C(C)(CC)CC.Cc1cc2cc3c(cc2s1)sc1c(-c2[c-]c4ccsc4c(C(C)(C)C)c2)ncnc13.[Ir]. The van der Waals surface area contributed by atoms with E-state index < -0.39 is 0 Å². The fourth-order valence-electron chi connectivity index (χ4n) is 5.81. The van der Waals surface area contributed by atoms with Crippen LogP contribution in [-0.2, 0) is 30.3 Å². The number of aromatic nitrogens is 2. The van der Waals surface area contributed by atoms with Crippen LogP contribution < -0.4 is 0 Å². The standard InChI is InChI=1S/C25H19N2S3.C15H28O2.Ir/c1-13-7-15-9-17-20(11-19(15)29-13)30-24-21(26-12-27-22(17)24)16-8-14-5-6-28-23(14)18(10-16)25(2,3)4;1-7-14(5,8-2)12(16)11-13(17)15(6,9-3)10-4;/h5-7,9-12H,1-4H3;11,16H,7-10H2,1-6H3;/q-1;;/b;12-11-;. The van der Waals surface area contributed by atoms with Crippen LogP contribution in [0, 0.1) is 23.8 Å². The Kier molecular flexibility index (Phi) is 11.8. The van der Waals surface area contributed by atoms with Crippen molar-refractivity contribution in [1.29, 1.82) is 0 Å². The molecule has 1 N–H and O–H groups in total. The number of allylic oxidation sites excluding steroid dienone is 2. The summed E-state index contributed by atoms with van der Waals surface area (Å²) < 4.78 is 5.08. The average molecular weight is 876 g/mol. The number of carbonyl (C=O) groups is 1. The maximum absolute atomic E-state index is 12.2. The second-order valence-corrected chi connectivity index (χ2v) is 17.4. The molecule has 4 heterocycles. The van der Waals surface area contributed by atoms with Crippen LogP contribution in [0.25, 0.3) is 51.7 Å². The Bertz CT molecular complexity index is 2100. The third-order valence-corrected chi connectivity index (χ3v) is 13.3. The number of carbonyl (C=O) groups excluding carboxylic acids is 1. The average Bonchev–Trinajstić information content (AvgIpc) is 3.77. The van der Waals surface area contributed by atoms with Gasteiger partial charge in [-0.3, -0.25) is 9.78 Å². The first-order valence-electron chi connectivity index (χ1n) is 16.6. The summed E-state index contributed by atoms with van der Waals surface area (Å²) in [6.07, 6.45) is 6.46. The van der Waals surface area contributed by atoms with Crippen molar-refractivity contribution in [3.8, 4) is 11.3 Å². The number of aliphatic hydroxyl groups excluding tert-OH is 1. The molecule has 4 nitrogen and oxygen atoms in total. The third-order valence-electron chi connectivity index (χ3n) is 10.1. The van der Waals surface area contributed by atoms with Crippen LogP contribution in [-0.4, -0.2) is 20.9 Å². The number of rotatable bonds is 8. The van der Waals surface area contributed by atoms with E-state index in [1.807, 2.05) is 52.9 Å². The van der Waals surface area contributed by atoms with Crippen molar-refractivity contribution in [2.45, 2.75) is 100 Å². The van der Waals surface area contributed by atoms with Crippen molar-refractivity contribution in [2.24, 2.45) is 10.8 Å². The Morgan fingerprint density at radius 2 is 1.54 bits per heavy atom. The predicted octanol–water partition coefficient (Wildman–Crippen LogP) is 13.0. The van der Waals surface area contributed by atoms with Gasteiger partial charge in [0.1, 0.15) is 12.1 Å². The Hall–Kier alpha value is -2.48. The first kappa shape index (κ1) is 38.3. The molecular weight excluding hydrogens is 829 g/mol. The minimum Gasteiger partial charge on any atom is -0.512 e. The van der Waals surface area contributed by atoms with Gasteiger partial charge in [0.15, 0.2) is 5.78 Å². The van der Waals surface area contributed by atoms with Gasteiger partial charge in [0.25, 0.3) is 0 Å². The number of aryl methyl sites for hydroxylation is 1. The van der Waals surface area contributed by atoms with E-state index in [0.717, 1.165) is 47.2 Å². The van der Waals surface area contributed by atoms with Crippen molar-refractivity contribution in [2.75, 3.05) is 0 Å². The molecule has 0 atom stereocenters. The van der Waals surface area contributed by atoms with Crippen molar-refractivity contribution < 1.29 is 30.0 Å². The summed E-state index contributed by atoms with van der Waals surface area (Å²) in [7, 11) is 0. The molecule has 8 heteroatoms. The van der Waals surface area contributed by atoms with E-state index in [-0.39, 0.29) is 47.9 Å². The maximum Gasteiger partial charge on any atom is 0.164 e. The van der Waals surface area contributed by atoms with E-state index in [9.17, 15) is 9.90 Å². The monoisotopic (exact) mass is 876 g/mol. The fraction of sp³-hybridized carbons (Fsp3) is 0.425. The molecule has 0 aliphatic rings. The van der Waals surface area contributed by atoms with Gasteiger partial charge >= 0.3 is 0 Å². The number of benzene rings is 2. The molecule has 0 fully saturated rings. The summed E-state index contributed by atoms with van der Waals surface area (Å²) in [5, 5.41) is 16.0. The number of nitrogens with zero attached hydrogens (tertiary/aromatic N) is 2. The number of hydrogen-bond donors (Lipinski definition) is 1. The summed E-state index contributed by atoms with van der Waals surface area (Å²) in [4.78, 5) is 22.9. The minimum absolute atomic E-state index is 0. The van der Waals surface area contributed by atoms with Crippen molar-refractivity contribution in [3.05, 3.63) is 70.4 Å². The van der Waals surface area contributed by atoms with Crippen LogP contribution >= 0.6 is 34.0 Å². The quantitative estimate of drug-likeness (QED) is 0.0940. The molecule has 0 aliphatic heterocycles. The van der Waals surface area contributed by atoms with Crippen LogP contribution in [0.1, 0.15) is 98.4 Å². The van der Waals surface area contributed by atoms with Gasteiger partial charge in [-0.05, 0) is 71.7 Å². The zero-order valence-electron chi connectivity index (χ0n) is 29.8. The van der Waals surface area contributed by atoms with E-state index in [1.54, 1.807) is 29.0 Å². The molecule has 6 aromatic rings. The second-order valence-electron chi connectivity index (χ2n) is 14.2. The zero-order valence-corrected chi connectivity index (χ0v) is 34.6. The summed E-state index contributed by atoms with van der Waals surface area (Å²) in [6.45, 7) is 21.1. The molecule has 257 valence electrons. The summed E-state index contributed by atoms with van der Waals surface area (Å²) >= 11 is 5.44. The number of ketones is 1. The largest absolute Gasteiger partial charge is 0.512 e. The smallest absolute Gasteiger partial charge is 0.164 e. The van der Waals surface area contributed by atoms with E-state index >= 15 is 0 Å². The van der Waals surface area contributed by atoms with Gasteiger partial charge in [-0.15, -0.1) is 46.3 Å². The first-order chi connectivity index (χ1) is 22.2. The van der Waals surface area contributed by atoms with Gasteiger partial charge in [0.05, 0.1) is 5.52 Å². The Balaban J connectivity index is 0.000000251. The molecule has 1 radical (unpaired) electrons. The van der Waals surface area contributed by atoms with E-state index in [2.05, 4.69) is 74.5 Å². The topological polar surface area (TPSA) is 63.1 Å². The molecule has 0 bridgehead atoms. The van der Waals surface area contributed by atoms with Crippen LogP contribution in [0.3, 0.4) is 0 Å². The molecule has 2 aromatic carbocycles.